The summed E-state index contributed by atoms with van der Waals surface area (Å²) in [4.78, 5) is 11.5. The van der Waals surface area contributed by atoms with Gasteiger partial charge in [0.05, 0.1) is 26.2 Å². The zero-order chi connectivity index (χ0) is 18.2. The molecule has 0 fully saturated rings. The van der Waals surface area contributed by atoms with Crippen molar-refractivity contribution < 1.29 is 24.1 Å². The van der Waals surface area contributed by atoms with Crippen molar-refractivity contribution in [1.82, 2.24) is 5.32 Å². The van der Waals surface area contributed by atoms with Crippen LogP contribution in [0.1, 0.15) is 39.2 Å². The molecule has 0 radical (unpaired) electrons. The lowest BCUT2D eigenvalue weighted by Gasteiger charge is -2.27. The first-order valence-corrected chi connectivity index (χ1v) is 8.29. The number of ether oxygens (including phenoxy) is 3. The molecule has 0 aliphatic rings. The maximum absolute atomic E-state index is 11.5. The second-order valence-corrected chi connectivity index (χ2v) is 5.66. The van der Waals surface area contributed by atoms with Crippen LogP contribution in [0.3, 0.4) is 0 Å². The first-order valence-electron chi connectivity index (χ1n) is 8.29. The summed E-state index contributed by atoms with van der Waals surface area (Å²) in [5.41, 5.74) is 0.207. The van der Waals surface area contributed by atoms with Crippen LogP contribution >= 0.6 is 0 Å². The highest BCUT2D eigenvalue weighted by Crippen LogP contribution is 2.38. The van der Waals surface area contributed by atoms with Gasteiger partial charge >= 0.3 is 5.97 Å². The number of hydrogen-bond donors (Lipinski definition) is 2. The molecule has 0 unspecified atom stereocenters. The Balaban J connectivity index is 2.90. The topological polar surface area (TPSA) is 77.0 Å². The molecule has 0 heterocycles. The van der Waals surface area contributed by atoms with Crippen molar-refractivity contribution in [2.24, 2.45) is 5.41 Å². The number of carboxylic acid groups (broad SMARTS) is 1. The van der Waals surface area contributed by atoms with Crippen LogP contribution < -0.4 is 19.5 Å². The lowest BCUT2D eigenvalue weighted by molar-refractivity contribution is -0.149. The van der Waals surface area contributed by atoms with Crippen LogP contribution in [0.25, 0.3) is 0 Å². The van der Waals surface area contributed by atoms with Crippen molar-refractivity contribution in [3.05, 3.63) is 17.7 Å². The quantitative estimate of drug-likeness (QED) is 0.645. The molecule has 0 amide bonds. The molecule has 0 spiro atoms. The number of carbonyl (C=O) groups is 1. The maximum atomic E-state index is 11.5. The van der Waals surface area contributed by atoms with Gasteiger partial charge in [0.1, 0.15) is 0 Å². The summed E-state index contributed by atoms with van der Waals surface area (Å²) in [6.45, 7) is 7.15. The second kappa shape index (κ2) is 9.37. The Hall–Kier alpha value is -1.95. The minimum absolute atomic E-state index is 0.410. The van der Waals surface area contributed by atoms with E-state index >= 15 is 0 Å². The van der Waals surface area contributed by atoms with Crippen LogP contribution in [0.15, 0.2) is 12.1 Å². The van der Waals surface area contributed by atoms with Crippen LogP contribution in [0.4, 0.5) is 0 Å². The molecule has 136 valence electrons. The van der Waals surface area contributed by atoms with E-state index in [0.29, 0.717) is 49.8 Å². The number of carboxylic acids is 1. The fourth-order valence-electron chi connectivity index (χ4n) is 2.65. The Kier molecular flexibility index (Phi) is 7.85. The van der Waals surface area contributed by atoms with E-state index < -0.39 is 11.4 Å². The molecule has 2 N–H and O–H groups in total. The van der Waals surface area contributed by atoms with Gasteiger partial charge in [0.25, 0.3) is 0 Å². The normalized spacial score (nSPS) is 11.2. The van der Waals surface area contributed by atoms with Crippen molar-refractivity contribution in [3.8, 4) is 17.2 Å². The molecule has 0 aliphatic heterocycles. The van der Waals surface area contributed by atoms with Crippen molar-refractivity contribution in [2.45, 2.75) is 40.2 Å². The zero-order valence-corrected chi connectivity index (χ0v) is 15.3. The predicted molar refractivity (Wildman–Crippen MR) is 93.1 cm³/mol. The fourth-order valence-corrected chi connectivity index (χ4v) is 2.65. The Morgan fingerprint density at radius 3 is 2.04 bits per heavy atom. The first kappa shape index (κ1) is 20.1. The highest BCUT2D eigenvalue weighted by Gasteiger charge is 2.34. The molecule has 1 aromatic carbocycles. The highest BCUT2D eigenvalue weighted by molar-refractivity contribution is 5.74. The lowest BCUT2D eigenvalue weighted by Crippen LogP contribution is -2.40. The SMILES string of the molecule is CCOc1c(OC)cc(CNCC(CC)(CC)C(=O)O)cc1OC. The van der Waals surface area contributed by atoms with Crippen molar-refractivity contribution in [2.75, 3.05) is 27.4 Å². The van der Waals surface area contributed by atoms with Gasteiger partial charge in [-0.3, -0.25) is 4.79 Å². The Bertz CT molecular complexity index is 515. The molecule has 0 aromatic heterocycles. The van der Waals surface area contributed by atoms with E-state index in [4.69, 9.17) is 14.2 Å². The summed E-state index contributed by atoms with van der Waals surface area (Å²) in [5, 5.41) is 12.7. The number of nitrogens with one attached hydrogen (secondary N) is 1. The third-order valence-corrected chi connectivity index (χ3v) is 4.41. The molecule has 0 saturated heterocycles. The van der Waals surface area contributed by atoms with Crippen molar-refractivity contribution in [1.29, 1.82) is 0 Å². The molecule has 6 heteroatoms. The van der Waals surface area contributed by atoms with Crippen LogP contribution in [-0.2, 0) is 11.3 Å². The number of aliphatic carboxylic acids is 1. The molecular formula is C18H29NO5. The minimum atomic E-state index is -0.762. The number of rotatable bonds is 11. The molecular weight excluding hydrogens is 310 g/mol. The van der Waals surface area contributed by atoms with E-state index in [2.05, 4.69) is 5.32 Å². The summed E-state index contributed by atoms with van der Waals surface area (Å²) in [5.74, 6) is 1.02. The van der Waals surface area contributed by atoms with Gasteiger partial charge < -0.3 is 24.6 Å². The van der Waals surface area contributed by atoms with E-state index in [9.17, 15) is 9.90 Å². The van der Waals surface area contributed by atoms with Gasteiger partial charge in [-0.15, -0.1) is 0 Å². The van der Waals surface area contributed by atoms with Crippen LogP contribution in [0.2, 0.25) is 0 Å². The Morgan fingerprint density at radius 1 is 1.12 bits per heavy atom. The molecule has 6 nitrogen and oxygen atoms in total. The van der Waals surface area contributed by atoms with Gasteiger partial charge in [-0.2, -0.15) is 0 Å². The van der Waals surface area contributed by atoms with E-state index in [-0.39, 0.29) is 0 Å². The largest absolute Gasteiger partial charge is 0.493 e. The average Bonchev–Trinajstić information content (AvgIpc) is 2.59. The molecule has 24 heavy (non-hydrogen) atoms. The van der Waals surface area contributed by atoms with Gasteiger partial charge in [0, 0.05) is 13.1 Å². The van der Waals surface area contributed by atoms with Gasteiger partial charge in [0.2, 0.25) is 5.75 Å². The van der Waals surface area contributed by atoms with E-state index in [1.54, 1.807) is 14.2 Å². The van der Waals surface area contributed by atoms with Crippen LogP contribution in [0, 0.1) is 5.41 Å². The van der Waals surface area contributed by atoms with Gasteiger partial charge in [-0.1, -0.05) is 13.8 Å². The number of benzene rings is 1. The molecule has 0 aliphatic carbocycles. The summed E-state index contributed by atoms with van der Waals surface area (Å²) in [6.07, 6.45) is 1.17. The van der Waals surface area contributed by atoms with Crippen LogP contribution in [0.5, 0.6) is 17.2 Å². The summed E-state index contributed by atoms with van der Waals surface area (Å²) in [7, 11) is 3.16. The van der Waals surface area contributed by atoms with Gasteiger partial charge in [0.15, 0.2) is 11.5 Å². The third kappa shape index (κ3) is 4.54. The van der Waals surface area contributed by atoms with Crippen molar-refractivity contribution in [3.63, 3.8) is 0 Å². The number of hydrogen-bond acceptors (Lipinski definition) is 5. The highest BCUT2D eigenvalue weighted by atomic mass is 16.5. The molecule has 0 atom stereocenters. The molecule has 0 saturated carbocycles. The van der Waals surface area contributed by atoms with E-state index in [1.165, 1.54) is 0 Å². The zero-order valence-electron chi connectivity index (χ0n) is 15.3. The fraction of sp³-hybridized carbons (Fsp3) is 0.611. The molecule has 1 rings (SSSR count). The second-order valence-electron chi connectivity index (χ2n) is 5.66. The lowest BCUT2D eigenvalue weighted by atomic mass is 9.82. The maximum Gasteiger partial charge on any atom is 0.310 e. The summed E-state index contributed by atoms with van der Waals surface area (Å²) < 4.78 is 16.3. The van der Waals surface area contributed by atoms with Gasteiger partial charge in [-0.25, -0.2) is 0 Å². The van der Waals surface area contributed by atoms with E-state index in [0.717, 1.165) is 5.56 Å². The Morgan fingerprint density at radius 2 is 1.67 bits per heavy atom. The smallest absolute Gasteiger partial charge is 0.310 e. The molecule has 0 bridgehead atoms. The standard InChI is InChI=1S/C18H29NO5/c1-6-18(7-2,17(20)21)12-19-11-13-9-14(22-4)16(24-8-3)15(10-13)23-5/h9-10,19H,6-8,11-12H2,1-5H3,(H,20,21). The average molecular weight is 339 g/mol. The summed E-state index contributed by atoms with van der Waals surface area (Å²) in [6, 6.07) is 3.75. The first-order chi connectivity index (χ1) is 11.5. The predicted octanol–water partition coefficient (Wildman–Crippen LogP) is 3.08. The molecule has 1 aromatic rings. The van der Waals surface area contributed by atoms with Crippen LogP contribution in [-0.4, -0.2) is 38.4 Å². The minimum Gasteiger partial charge on any atom is -0.493 e. The monoisotopic (exact) mass is 339 g/mol. The third-order valence-electron chi connectivity index (χ3n) is 4.41. The Labute approximate surface area is 144 Å². The van der Waals surface area contributed by atoms with E-state index in [1.807, 2.05) is 32.9 Å². The van der Waals surface area contributed by atoms with Crippen molar-refractivity contribution >= 4 is 5.97 Å². The van der Waals surface area contributed by atoms with Gasteiger partial charge in [-0.05, 0) is 37.5 Å². The summed E-state index contributed by atoms with van der Waals surface area (Å²) >= 11 is 0. The number of methoxy groups -OCH3 is 2.